The Morgan fingerprint density at radius 1 is 1.00 bits per heavy atom. The van der Waals surface area contributed by atoms with E-state index in [2.05, 4.69) is 65.9 Å². The highest BCUT2D eigenvalue weighted by Crippen LogP contribution is 2.33. The summed E-state index contributed by atoms with van der Waals surface area (Å²) in [6, 6.07) is 16.8. The normalized spacial score (nSPS) is 12.4. The molecule has 1 N–H and O–H groups in total. The number of aryl methyl sites for hydroxylation is 1. The van der Waals surface area contributed by atoms with Crippen molar-refractivity contribution in [3.63, 3.8) is 0 Å². The van der Waals surface area contributed by atoms with Crippen LogP contribution in [0.25, 0.3) is 5.69 Å². The summed E-state index contributed by atoms with van der Waals surface area (Å²) in [6.45, 7) is 2.09. The van der Waals surface area contributed by atoms with E-state index in [1.165, 1.54) is 22.4 Å². The first-order valence-electron chi connectivity index (χ1n) is 6.80. The van der Waals surface area contributed by atoms with Crippen molar-refractivity contribution in [3.05, 3.63) is 71.4 Å². The fourth-order valence-corrected chi connectivity index (χ4v) is 2.66. The SMILES string of the molecule is Cc1ccc(-n2ncc3c2Nc2ccccc2C3)cc1. The van der Waals surface area contributed by atoms with Gasteiger partial charge in [-0.1, -0.05) is 35.9 Å². The molecule has 0 spiro atoms. The van der Waals surface area contributed by atoms with Gasteiger partial charge in [-0.2, -0.15) is 5.10 Å². The van der Waals surface area contributed by atoms with E-state index in [1.807, 2.05) is 10.9 Å². The molecule has 20 heavy (non-hydrogen) atoms. The fraction of sp³-hybridized carbons (Fsp3) is 0.118. The predicted molar refractivity (Wildman–Crippen MR) is 80.8 cm³/mol. The summed E-state index contributed by atoms with van der Waals surface area (Å²) in [6.07, 6.45) is 2.89. The summed E-state index contributed by atoms with van der Waals surface area (Å²) in [7, 11) is 0. The van der Waals surface area contributed by atoms with E-state index in [9.17, 15) is 0 Å². The number of hydrogen-bond donors (Lipinski definition) is 1. The van der Waals surface area contributed by atoms with Crippen LogP contribution in [-0.2, 0) is 6.42 Å². The van der Waals surface area contributed by atoms with Crippen molar-refractivity contribution in [3.8, 4) is 5.69 Å². The second-order valence-electron chi connectivity index (χ2n) is 5.22. The van der Waals surface area contributed by atoms with E-state index < -0.39 is 0 Å². The van der Waals surface area contributed by atoms with Crippen LogP contribution >= 0.6 is 0 Å². The van der Waals surface area contributed by atoms with Crippen molar-refractivity contribution in [1.29, 1.82) is 0 Å². The van der Waals surface area contributed by atoms with Crippen LogP contribution < -0.4 is 5.32 Å². The molecule has 0 fully saturated rings. The second kappa shape index (κ2) is 4.23. The molecule has 0 unspecified atom stereocenters. The molecule has 3 heteroatoms. The zero-order valence-electron chi connectivity index (χ0n) is 11.3. The van der Waals surface area contributed by atoms with Gasteiger partial charge in [0.05, 0.1) is 11.9 Å². The molecule has 0 atom stereocenters. The van der Waals surface area contributed by atoms with Gasteiger partial charge in [-0.25, -0.2) is 4.68 Å². The molecule has 3 nitrogen and oxygen atoms in total. The highest BCUT2D eigenvalue weighted by atomic mass is 15.3. The van der Waals surface area contributed by atoms with E-state index in [4.69, 9.17) is 0 Å². The molecule has 2 aromatic carbocycles. The largest absolute Gasteiger partial charge is 0.340 e. The number of rotatable bonds is 1. The molecule has 0 bridgehead atoms. The summed E-state index contributed by atoms with van der Waals surface area (Å²) in [5.41, 5.74) is 6.08. The summed E-state index contributed by atoms with van der Waals surface area (Å²) >= 11 is 0. The zero-order valence-corrected chi connectivity index (χ0v) is 11.3. The minimum Gasteiger partial charge on any atom is -0.340 e. The monoisotopic (exact) mass is 261 g/mol. The zero-order chi connectivity index (χ0) is 13.5. The van der Waals surface area contributed by atoms with Crippen LogP contribution in [0.3, 0.4) is 0 Å². The molecule has 0 radical (unpaired) electrons. The number of fused-ring (bicyclic) bond motifs is 2. The van der Waals surface area contributed by atoms with Crippen molar-refractivity contribution in [2.24, 2.45) is 0 Å². The van der Waals surface area contributed by atoms with Crippen LogP contribution in [0.5, 0.6) is 0 Å². The maximum atomic E-state index is 4.53. The summed E-state index contributed by atoms with van der Waals surface area (Å²) in [5, 5.41) is 8.04. The number of nitrogens with one attached hydrogen (secondary N) is 1. The molecule has 3 aromatic rings. The molecule has 1 aliphatic heterocycles. The standard InChI is InChI=1S/C17H15N3/c1-12-6-8-15(9-7-12)20-17-14(11-18-20)10-13-4-2-3-5-16(13)19-17/h2-9,11,19H,10H2,1H3. The lowest BCUT2D eigenvalue weighted by molar-refractivity contribution is 0.886. The molecule has 0 saturated carbocycles. The van der Waals surface area contributed by atoms with Gasteiger partial charge >= 0.3 is 0 Å². The molecular formula is C17H15N3. The van der Waals surface area contributed by atoms with E-state index in [0.717, 1.165) is 17.9 Å². The van der Waals surface area contributed by atoms with Crippen LogP contribution in [0.15, 0.2) is 54.7 Å². The van der Waals surface area contributed by atoms with E-state index in [0.29, 0.717) is 0 Å². The average Bonchev–Trinajstić information content (AvgIpc) is 2.88. The van der Waals surface area contributed by atoms with Gasteiger partial charge in [0, 0.05) is 17.7 Å². The average molecular weight is 261 g/mol. The van der Waals surface area contributed by atoms with E-state index in [1.54, 1.807) is 0 Å². The Morgan fingerprint density at radius 2 is 1.80 bits per heavy atom. The van der Waals surface area contributed by atoms with Crippen LogP contribution in [0, 0.1) is 6.92 Å². The van der Waals surface area contributed by atoms with Gasteiger partial charge in [0.2, 0.25) is 0 Å². The maximum absolute atomic E-state index is 4.53. The lowest BCUT2D eigenvalue weighted by Crippen LogP contribution is -2.09. The number of nitrogens with zero attached hydrogens (tertiary/aromatic N) is 2. The Morgan fingerprint density at radius 3 is 2.65 bits per heavy atom. The highest BCUT2D eigenvalue weighted by molar-refractivity contribution is 5.70. The predicted octanol–water partition coefficient (Wildman–Crippen LogP) is 3.83. The number of aromatic nitrogens is 2. The van der Waals surface area contributed by atoms with Crippen molar-refractivity contribution >= 4 is 11.5 Å². The topological polar surface area (TPSA) is 29.9 Å². The Hall–Kier alpha value is -2.55. The van der Waals surface area contributed by atoms with Gasteiger partial charge in [0.25, 0.3) is 0 Å². The van der Waals surface area contributed by atoms with Gasteiger partial charge in [-0.15, -0.1) is 0 Å². The van der Waals surface area contributed by atoms with Crippen molar-refractivity contribution in [1.82, 2.24) is 9.78 Å². The molecule has 2 heterocycles. The van der Waals surface area contributed by atoms with Crippen LogP contribution in [0.2, 0.25) is 0 Å². The Bertz CT molecular complexity index is 769. The minimum absolute atomic E-state index is 0.935. The molecule has 0 amide bonds. The molecule has 4 rings (SSSR count). The molecule has 1 aromatic heterocycles. The van der Waals surface area contributed by atoms with Gasteiger partial charge in [0.15, 0.2) is 0 Å². The van der Waals surface area contributed by atoms with Crippen molar-refractivity contribution in [2.75, 3.05) is 5.32 Å². The lowest BCUT2D eigenvalue weighted by atomic mass is 10.0. The Kier molecular flexibility index (Phi) is 2.39. The van der Waals surface area contributed by atoms with Gasteiger partial charge in [-0.3, -0.25) is 0 Å². The first-order chi connectivity index (χ1) is 9.81. The van der Waals surface area contributed by atoms with Crippen molar-refractivity contribution < 1.29 is 0 Å². The summed E-state index contributed by atoms with van der Waals surface area (Å²) in [5.74, 6) is 1.08. The smallest absolute Gasteiger partial charge is 0.137 e. The van der Waals surface area contributed by atoms with Gasteiger partial charge in [-0.05, 0) is 30.7 Å². The van der Waals surface area contributed by atoms with Crippen molar-refractivity contribution in [2.45, 2.75) is 13.3 Å². The number of anilines is 2. The molecule has 0 aliphatic carbocycles. The second-order valence-corrected chi connectivity index (χ2v) is 5.22. The summed E-state index contributed by atoms with van der Waals surface area (Å²) < 4.78 is 1.98. The third-order valence-electron chi connectivity index (χ3n) is 3.77. The van der Waals surface area contributed by atoms with Crippen LogP contribution in [0.1, 0.15) is 16.7 Å². The van der Waals surface area contributed by atoms with Gasteiger partial charge in [0.1, 0.15) is 5.82 Å². The van der Waals surface area contributed by atoms with Gasteiger partial charge < -0.3 is 5.32 Å². The lowest BCUT2D eigenvalue weighted by Gasteiger charge is -2.19. The first-order valence-corrected chi connectivity index (χ1v) is 6.80. The maximum Gasteiger partial charge on any atom is 0.137 e. The molecule has 98 valence electrons. The molecular weight excluding hydrogens is 246 g/mol. The quantitative estimate of drug-likeness (QED) is 0.564. The van der Waals surface area contributed by atoms with E-state index >= 15 is 0 Å². The van der Waals surface area contributed by atoms with Crippen LogP contribution in [-0.4, -0.2) is 9.78 Å². The van der Waals surface area contributed by atoms with Crippen LogP contribution in [0.4, 0.5) is 11.5 Å². The Labute approximate surface area is 117 Å². The third kappa shape index (κ3) is 1.71. The number of benzene rings is 2. The molecule has 1 aliphatic rings. The Balaban J connectivity index is 1.80. The molecule has 0 saturated heterocycles. The minimum atomic E-state index is 0.935. The number of para-hydroxylation sites is 1. The third-order valence-corrected chi connectivity index (χ3v) is 3.77. The highest BCUT2D eigenvalue weighted by Gasteiger charge is 2.19. The summed E-state index contributed by atoms with van der Waals surface area (Å²) in [4.78, 5) is 0. The van der Waals surface area contributed by atoms with E-state index in [-0.39, 0.29) is 0 Å². The fourth-order valence-electron chi connectivity index (χ4n) is 2.66. The number of hydrogen-bond acceptors (Lipinski definition) is 2. The first kappa shape index (κ1) is 11.3.